The number of rotatable bonds is 5. The highest BCUT2D eigenvalue weighted by Gasteiger charge is 2.56. The lowest BCUT2D eigenvalue weighted by atomic mass is 9.88. The van der Waals surface area contributed by atoms with Gasteiger partial charge in [0.25, 0.3) is 0 Å². The minimum Gasteiger partial charge on any atom is -0.294 e. The van der Waals surface area contributed by atoms with Gasteiger partial charge in [-0.2, -0.15) is 4.31 Å². The van der Waals surface area contributed by atoms with Crippen molar-refractivity contribution in [3.63, 3.8) is 0 Å². The lowest BCUT2D eigenvalue weighted by Gasteiger charge is -2.34. The summed E-state index contributed by atoms with van der Waals surface area (Å²) in [5.41, 5.74) is 0.548. The Morgan fingerprint density at radius 1 is 1.31 bits per heavy atom. The maximum atomic E-state index is 13.3. The molecule has 1 atom stereocenters. The number of sulfonamides is 1. The van der Waals surface area contributed by atoms with Gasteiger partial charge in [-0.1, -0.05) is 32.0 Å². The Morgan fingerprint density at radius 2 is 2.12 bits per heavy atom. The van der Waals surface area contributed by atoms with E-state index in [4.69, 9.17) is 0 Å². The Labute approximate surface area is 159 Å². The van der Waals surface area contributed by atoms with Gasteiger partial charge in [-0.25, -0.2) is 13.4 Å². The predicted octanol–water partition coefficient (Wildman–Crippen LogP) is 3.29. The monoisotopic (exact) mass is 391 g/mol. The molecule has 0 bridgehead atoms. The molecule has 3 heterocycles. The lowest BCUT2D eigenvalue weighted by Crippen LogP contribution is -2.46. The summed E-state index contributed by atoms with van der Waals surface area (Å²) in [5, 5.41) is 3.08. The summed E-state index contributed by atoms with van der Waals surface area (Å²) in [6.45, 7) is 7.29. The van der Waals surface area contributed by atoms with Gasteiger partial charge in [0, 0.05) is 31.2 Å². The van der Waals surface area contributed by atoms with Crippen molar-refractivity contribution < 1.29 is 8.42 Å². The summed E-state index contributed by atoms with van der Waals surface area (Å²) in [6.07, 6.45) is 3.55. The fourth-order valence-corrected chi connectivity index (χ4v) is 6.96. The zero-order chi connectivity index (χ0) is 18.4. The van der Waals surface area contributed by atoms with Crippen LogP contribution in [0.25, 0.3) is 0 Å². The smallest absolute Gasteiger partial charge is 0.244 e. The van der Waals surface area contributed by atoms with Crippen LogP contribution in [-0.2, 0) is 22.1 Å². The topological polar surface area (TPSA) is 53.5 Å². The number of benzene rings is 1. The number of likely N-dealkylation sites (tertiary alicyclic amines) is 1. The molecule has 4 rings (SSSR count). The highest BCUT2D eigenvalue weighted by molar-refractivity contribution is 7.89. The van der Waals surface area contributed by atoms with Crippen LogP contribution in [0.4, 0.5) is 0 Å². The van der Waals surface area contributed by atoms with Gasteiger partial charge in [0.2, 0.25) is 10.0 Å². The summed E-state index contributed by atoms with van der Waals surface area (Å²) in [4.78, 5) is 7.24. The van der Waals surface area contributed by atoms with Crippen LogP contribution in [0.2, 0.25) is 0 Å². The largest absolute Gasteiger partial charge is 0.294 e. The number of fused-ring (bicyclic) bond motifs is 2. The van der Waals surface area contributed by atoms with Crippen LogP contribution in [0.3, 0.4) is 0 Å². The SMILES string of the molecule is CC(C)CCN1C2(CCN(Cc3nccs3)C2)c2ccccc2S1(=O)=O. The summed E-state index contributed by atoms with van der Waals surface area (Å²) in [5.74, 6) is 0.471. The normalized spacial score (nSPS) is 25.3. The number of nitrogens with zero attached hydrogens (tertiary/aromatic N) is 3. The average Bonchev–Trinajstić information content (AvgIpc) is 3.29. The van der Waals surface area contributed by atoms with E-state index >= 15 is 0 Å². The molecule has 1 aromatic carbocycles. The molecule has 1 spiro atoms. The van der Waals surface area contributed by atoms with E-state index < -0.39 is 15.6 Å². The Morgan fingerprint density at radius 3 is 2.85 bits per heavy atom. The van der Waals surface area contributed by atoms with Crippen LogP contribution in [0.15, 0.2) is 40.7 Å². The van der Waals surface area contributed by atoms with Crippen LogP contribution in [0.1, 0.15) is 37.3 Å². The predicted molar refractivity (Wildman–Crippen MR) is 103 cm³/mol. The molecule has 0 radical (unpaired) electrons. The minimum absolute atomic E-state index is 0.429. The Hall–Kier alpha value is -1.28. The van der Waals surface area contributed by atoms with Gasteiger partial charge < -0.3 is 0 Å². The van der Waals surface area contributed by atoms with Crippen LogP contribution in [0, 0.1) is 5.92 Å². The van der Waals surface area contributed by atoms with E-state index in [0.29, 0.717) is 17.4 Å². The standard InChI is InChI=1S/C19H25N3O2S2/c1-15(2)7-10-22-19(16-5-3-4-6-17(16)26(22,23)24)8-11-21(14-19)13-18-20-9-12-25-18/h3-6,9,12,15H,7-8,10-11,13-14H2,1-2H3. The van der Waals surface area contributed by atoms with Gasteiger partial charge in [-0.05, 0) is 30.4 Å². The van der Waals surface area contributed by atoms with E-state index in [1.807, 2.05) is 29.8 Å². The Balaban J connectivity index is 1.69. The summed E-state index contributed by atoms with van der Waals surface area (Å²) in [6, 6.07) is 7.57. The van der Waals surface area contributed by atoms with Gasteiger partial charge in [0.15, 0.2) is 0 Å². The molecule has 1 fully saturated rings. The second kappa shape index (κ2) is 6.71. The lowest BCUT2D eigenvalue weighted by molar-refractivity contribution is 0.183. The molecule has 0 N–H and O–H groups in total. The van der Waals surface area contributed by atoms with Crippen molar-refractivity contribution in [1.29, 1.82) is 0 Å². The molecule has 0 amide bonds. The molecule has 1 unspecified atom stereocenters. The second-order valence-corrected chi connectivity index (χ2v) is 10.5. The van der Waals surface area contributed by atoms with Crippen LogP contribution in [-0.4, -0.2) is 42.2 Å². The molecule has 0 saturated carbocycles. The third kappa shape index (κ3) is 2.91. The van der Waals surface area contributed by atoms with Gasteiger partial charge >= 0.3 is 0 Å². The third-order valence-electron chi connectivity index (χ3n) is 5.51. The molecule has 1 saturated heterocycles. The van der Waals surface area contributed by atoms with Crippen molar-refractivity contribution in [2.75, 3.05) is 19.6 Å². The molecule has 7 heteroatoms. The summed E-state index contributed by atoms with van der Waals surface area (Å²) >= 11 is 1.66. The van der Waals surface area contributed by atoms with E-state index in [-0.39, 0.29) is 0 Å². The first-order valence-electron chi connectivity index (χ1n) is 9.16. The molecule has 1 aromatic heterocycles. The zero-order valence-corrected chi connectivity index (χ0v) is 16.9. The van der Waals surface area contributed by atoms with Gasteiger partial charge in [-0.15, -0.1) is 11.3 Å². The van der Waals surface area contributed by atoms with E-state index in [9.17, 15) is 8.42 Å². The van der Waals surface area contributed by atoms with Crippen molar-refractivity contribution in [2.24, 2.45) is 5.92 Å². The molecule has 2 aliphatic rings. The van der Waals surface area contributed by atoms with E-state index in [2.05, 4.69) is 23.7 Å². The van der Waals surface area contributed by atoms with Gasteiger partial charge in [-0.3, -0.25) is 4.90 Å². The van der Waals surface area contributed by atoms with E-state index in [0.717, 1.165) is 43.0 Å². The number of hydrogen-bond acceptors (Lipinski definition) is 5. The first-order chi connectivity index (χ1) is 12.4. The number of hydrogen-bond donors (Lipinski definition) is 0. The van der Waals surface area contributed by atoms with Gasteiger partial charge in [0.1, 0.15) is 5.01 Å². The summed E-state index contributed by atoms with van der Waals surface area (Å²) < 4.78 is 28.4. The van der Waals surface area contributed by atoms with Crippen LogP contribution >= 0.6 is 11.3 Å². The highest BCUT2D eigenvalue weighted by Crippen LogP contribution is 2.49. The second-order valence-electron chi connectivity index (χ2n) is 7.67. The molecular formula is C19H25N3O2S2. The van der Waals surface area contributed by atoms with E-state index in [1.165, 1.54) is 0 Å². The van der Waals surface area contributed by atoms with Gasteiger partial charge in [0.05, 0.1) is 17.0 Å². The maximum Gasteiger partial charge on any atom is 0.244 e. The van der Waals surface area contributed by atoms with Crippen molar-refractivity contribution in [3.8, 4) is 0 Å². The van der Waals surface area contributed by atoms with Crippen molar-refractivity contribution in [1.82, 2.24) is 14.2 Å². The van der Waals surface area contributed by atoms with Crippen LogP contribution in [0.5, 0.6) is 0 Å². The molecule has 0 aliphatic carbocycles. The molecule has 140 valence electrons. The minimum atomic E-state index is -3.43. The number of thiazole rings is 1. The zero-order valence-electron chi connectivity index (χ0n) is 15.3. The molecule has 5 nitrogen and oxygen atoms in total. The quantitative estimate of drug-likeness (QED) is 0.785. The molecule has 2 aromatic rings. The van der Waals surface area contributed by atoms with Crippen molar-refractivity contribution in [2.45, 2.75) is 43.7 Å². The number of aromatic nitrogens is 1. The molecular weight excluding hydrogens is 366 g/mol. The Bertz CT molecular complexity index is 880. The third-order valence-corrected chi connectivity index (χ3v) is 8.30. The maximum absolute atomic E-state index is 13.3. The van der Waals surface area contributed by atoms with Crippen molar-refractivity contribution in [3.05, 3.63) is 46.4 Å². The van der Waals surface area contributed by atoms with Crippen molar-refractivity contribution >= 4 is 21.4 Å². The fourth-order valence-electron chi connectivity index (χ4n) is 4.22. The first kappa shape index (κ1) is 18.1. The highest BCUT2D eigenvalue weighted by atomic mass is 32.2. The first-order valence-corrected chi connectivity index (χ1v) is 11.5. The van der Waals surface area contributed by atoms with E-state index in [1.54, 1.807) is 21.7 Å². The van der Waals surface area contributed by atoms with Crippen LogP contribution < -0.4 is 0 Å². The Kier molecular flexibility index (Phi) is 4.67. The molecule has 26 heavy (non-hydrogen) atoms. The fraction of sp³-hybridized carbons (Fsp3) is 0.526. The molecule has 2 aliphatic heterocycles. The summed E-state index contributed by atoms with van der Waals surface area (Å²) in [7, 11) is -3.43. The average molecular weight is 392 g/mol.